The zero-order chi connectivity index (χ0) is 11.2. The van der Waals surface area contributed by atoms with Gasteiger partial charge in [0.05, 0.1) is 5.56 Å². The number of aromatic nitrogens is 1. The van der Waals surface area contributed by atoms with Gasteiger partial charge >= 0.3 is 5.97 Å². The number of carbonyl (C=O) groups is 1. The van der Waals surface area contributed by atoms with E-state index in [1.54, 1.807) is 6.07 Å². The molecule has 0 atom stereocenters. The molecule has 1 aromatic heterocycles. The van der Waals surface area contributed by atoms with Crippen LogP contribution in [0.15, 0.2) is 18.3 Å². The average molecular weight is 203 g/mol. The van der Waals surface area contributed by atoms with Crippen molar-refractivity contribution in [1.29, 1.82) is 0 Å². The number of aryl methyl sites for hydroxylation is 3. The van der Waals surface area contributed by atoms with Gasteiger partial charge in [0.2, 0.25) is 0 Å². The molecular formula is C12H13NO2. The summed E-state index contributed by atoms with van der Waals surface area (Å²) in [5, 5.41) is 10.1. The quantitative estimate of drug-likeness (QED) is 0.773. The Morgan fingerprint density at radius 1 is 1.27 bits per heavy atom. The Morgan fingerprint density at radius 3 is 2.53 bits per heavy atom. The summed E-state index contributed by atoms with van der Waals surface area (Å²) in [5.74, 6) is -0.867. The van der Waals surface area contributed by atoms with E-state index < -0.39 is 5.97 Å². The van der Waals surface area contributed by atoms with Crippen LogP contribution in [0.1, 0.15) is 21.5 Å². The maximum atomic E-state index is 11.0. The molecule has 0 fully saturated rings. The number of hydrogen-bond acceptors (Lipinski definition) is 1. The Morgan fingerprint density at radius 2 is 1.93 bits per heavy atom. The summed E-state index contributed by atoms with van der Waals surface area (Å²) in [6.45, 7) is 3.86. The number of carboxylic acids is 1. The van der Waals surface area contributed by atoms with Crippen LogP contribution in [0.25, 0.3) is 10.9 Å². The van der Waals surface area contributed by atoms with Crippen LogP contribution in [-0.2, 0) is 7.05 Å². The summed E-state index contributed by atoms with van der Waals surface area (Å²) >= 11 is 0. The van der Waals surface area contributed by atoms with Crippen molar-refractivity contribution in [3.63, 3.8) is 0 Å². The molecule has 2 rings (SSSR count). The van der Waals surface area contributed by atoms with Gasteiger partial charge in [-0.15, -0.1) is 0 Å². The first-order valence-electron chi connectivity index (χ1n) is 4.80. The Kier molecular flexibility index (Phi) is 2.03. The first-order valence-corrected chi connectivity index (χ1v) is 4.80. The predicted molar refractivity (Wildman–Crippen MR) is 59.4 cm³/mol. The van der Waals surface area contributed by atoms with Gasteiger partial charge < -0.3 is 9.67 Å². The van der Waals surface area contributed by atoms with Crippen LogP contribution in [0.4, 0.5) is 0 Å². The average Bonchev–Trinajstić information content (AvgIpc) is 2.41. The standard InChI is InChI=1S/C12H13NO2/c1-7-4-9-8(2)6-13(3)11(9)5-10(7)12(14)15/h4-6H,1-3H3,(H,14,15). The predicted octanol–water partition coefficient (Wildman–Crippen LogP) is 2.49. The van der Waals surface area contributed by atoms with Crippen LogP contribution in [0.5, 0.6) is 0 Å². The molecule has 0 bridgehead atoms. The van der Waals surface area contributed by atoms with Gasteiger partial charge in [-0.1, -0.05) is 0 Å². The SMILES string of the molecule is Cc1cc2c(C)cn(C)c2cc1C(=O)O. The fourth-order valence-electron chi connectivity index (χ4n) is 1.96. The van der Waals surface area contributed by atoms with E-state index in [0.29, 0.717) is 5.56 Å². The highest BCUT2D eigenvalue weighted by molar-refractivity contribution is 5.96. The van der Waals surface area contributed by atoms with Crippen molar-refractivity contribution in [3.05, 3.63) is 35.0 Å². The van der Waals surface area contributed by atoms with Gasteiger partial charge in [-0.25, -0.2) is 4.79 Å². The molecule has 15 heavy (non-hydrogen) atoms. The molecule has 1 aromatic carbocycles. The van der Waals surface area contributed by atoms with Crippen LogP contribution in [0.3, 0.4) is 0 Å². The monoisotopic (exact) mass is 203 g/mol. The van der Waals surface area contributed by atoms with E-state index in [-0.39, 0.29) is 0 Å². The smallest absolute Gasteiger partial charge is 0.336 e. The zero-order valence-electron chi connectivity index (χ0n) is 9.03. The zero-order valence-corrected chi connectivity index (χ0v) is 9.03. The molecule has 0 aliphatic rings. The van der Waals surface area contributed by atoms with Crippen molar-refractivity contribution in [2.75, 3.05) is 0 Å². The minimum absolute atomic E-state index is 0.378. The van der Waals surface area contributed by atoms with Gasteiger partial charge in [-0.2, -0.15) is 0 Å². The first-order chi connectivity index (χ1) is 7.00. The molecule has 1 heterocycles. The van der Waals surface area contributed by atoms with Crippen molar-refractivity contribution in [2.24, 2.45) is 7.05 Å². The number of nitrogens with zero attached hydrogens (tertiary/aromatic N) is 1. The van der Waals surface area contributed by atoms with E-state index in [4.69, 9.17) is 5.11 Å². The van der Waals surface area contributed by atoms with Crippen molar-refractivity contribution in [1.82, 2.24) is 4.57 Å². The number of carboxylic acid groups (broad SMARTS) is 1. The number of aromatic carboxylic acids is 1. The highest BCUT2D eigenvalue weighted by Gasteiger charge is 2.11. The summed E-state index contributed by atoms with van der Waals surface area (Å²) in [6.07, 6.45) is 2.01. The summed E-state index contributed by atoms with van der Waals surface area (Å²) in [6, 6.07) is 3.67. The minimum atomic E-state index is -0.867. The van der Waals surface area contributed by atoms with E-state index in [9.17, 15) is 4.79 Å². The maximum absolute atomic E-state index is 11.0. The van der Waals surface area contributed by atoms with Crippen LogP contribution >= 0.6 is 0 Å². The molecule has 2 aromatic rings. The van der Waals surface area contributed by atoms with E-state index in [1.807, 2.05) is 37.7 Å². The van der Waals surface area contributed by atoms with E-state index in [0.717, 1.165) is 16.5 Å². The Hall–Kier alpha value is -1.77. The lowest BCUT2D eigenvalue weighted by Gasteiger charge is -2.03. The van der Waals surface area contributed by atoms with Crippen molar-refractivity contribution in [2.45, 2.75) is 13.8 Å². The summed E-state index contributed by atoms with van der Waals surface area (Å²) in [5.41, 5.74) is 3.33. The van der Waals surface area contributed by atoms with Gasteiger partial charge in [0.15, 0.2) is 0 Å². The molecule has 3 heteroatoms. The van der Waals surface area contributed by atoms with Gasteiger partial charge in [0.1, 0.15) is 0 Å². The Bertz CT molecular complexity index is 552. The van der Waals surface area contributed by atoms with Gasteiger partial charge in [0.25, 0.3) is 0 Å². The third-order valence-electron chi connectivity index (χ3n) is 2.77. The molecule has 0 saturated heterocycles. The lowest BCUT2D eigenvalue weighted by atomic mass is 10.0. The summed E-state index contributed by atoms with van der Waals surface area (Å²) in [4.78, 5) is 11.0. The van der Waals surface area contributed by atoms with Crippen LogP contribution in [0.2, 0.25) is 0 Å². The lowest BCUT2D eigenvalue weighted by molar-refractivity contribution is 0.0696. The van der Waals surface area contributed by atoms with E-state index >= 15 is 0 Å². The fourth-order valence-corrected chi connectivity index (χ4v) is 1.96. The third kappa shape index (κ3) is 1.40. The molecular weight excluding hydrogens is 190 g/mol. The molecule has 0 aliphatic carbocycles. The van der Waals surface area contributed by atoms with Crippen molar-refractivity contribution < 1.29 is 9.90 Å². The molecule has 3 nitrogen and oxygen atoms in total. The molecule has 0 radical (unpaired) electrons. The molecule has 0 amide bonds. The molecule has 0 aliphatic heterocycles. The maximum Gasteiger partial charge on any atom is 0.336 e. The third-order valence-corrected chi connectivity index (χ3v) is 2.77. The van der Waals surface area contributed by atoms with Crippen LogP contribution in [0, 0.1) is 13.8 Å². The van der Waals surface area contributed by atoms with Crippen LogP contribution < -0.4 is 0 Å². The Balaban J connectivity index is 2.85. The fraction of sp³-hybridized carbons (Fsp3) is 0.250. The van der Waals surface area contributed by atoms with E-state index in [1.165, 1.54) is 5.56 Å². The second-order valence-corrected chi connectivity index (χ2v) is 3.91. The van der Waals surface area contributed by atoms with Crippen molar-refractivity contribution in [3.8, 4) is 0 Å². The number of benzene rings is 1. The summed E-state index contributed by atoms with van der Waals surface area (Å²) in [7, 11) is 1.93. The minimum Gasteiger partial charge on any atom is -0.478 e. The van der Waals surface area contributed by atoms with Gasteiger partial charge in [-0.05, 0) is 37.1 Å². The molecule has 0 unspecified atom stereocenters. The summed E-state index contributed by atoms with van der Waals surface area (Å²) < 4.78 is 1.95. The molecule has 1 N–H and O–H groups in total. The van der Waals surface area contributed by atoms with Crippen molar-refractivity contribution >= 4 is 16.9 Å². The topological polar surface area (TPSA) is 42.2 Å². The lowest BCUT2D eigenvalue weighted by Crippen LogP contribution is -2.00. The first kappa shape index (κ1) is 9.77. The molecule has 0 spiro atoms. The van der Waals surface area contributed by atoms with Crippen LogP contribution in [-0.4, -0.2) is 15.6 Å². The highest BCUT2D eigenvalue weighted by Crippen LogP contribution is 2.23. The number of hydrogen-bond donors (Lipinski definition) is 1. The van der Waals surface area contributed by atoms with Gasteiger partial charge in [-0.3, -0.25) is 0 Å². The largest absolute Gasteiger partial charge is 0.478 e. The highest BCUT2D eigenvalue weighted by atomic mass is 16.4. The van der Waals surface area contributed by atoms with Gasteiger partial charge in [0, 0.05) is 24.1 Å². The number of rotatable bonds is 1. The molecule has 78 valence electrons. The second-order valence-electron chi connectivity index (χ2n) is 3.91. The second kappa shape index (κ2) is 3.12. The number of fused-ring (bicyclic) bond motifs is 1. The normalized spacial score (nSPS) is 10.9. The molecule has 0 saturated carbocycles. The van der Waals surface area contributed by atoms with E-state index in [2.05, 4.69) is 0 Å². The Labute approximate surface area is 87.9 Å².